The Bertz CT molecular complexity index is 1240. The third-order valence-corrected chi connectivity index (χ3v) is 5.33. The van der Waals surface area contributed by atoms with Gasteiger partial charge in [-0.05, 0) is 55.3 Å². The molecule has 0 saturated heterocycles. The standard InChI is InChI=1S/C26H24N2O7/c1-3-4-16-35-19-14-12-18(13-15-19)27(24(29)20-9-6-5-8-17(20)2)25(30)23-21(26(31)32)10-7-11-22(23)28(33)34/h5-15H,3-4,16H2,1-2H3,(H,31,32). The van der Waals surface area contributed by atoms with Gasteiger partial charge in [0.2, 0.25) is 0 Å². The van der Waals surface area contributed by atoms with Crippen LogP contribution in [0.5, 0.6) is 5.75 Å². The predicted molar refractivity (Wildman–Crippen MR) is 129 cm³/mol. The average Bonchev–Trinajstić information content (AvgIpc) is 2.84. The first kappa shape index (κ1) is 25.1. The molecule has 0 heterocycles. The fraction of sp³-hybridized carbons (Fsp3) is 0.192. The molecule has 0 aliphatic heterocycles. The van der Waals surface area contributed by atoms with Gasteiger partial charge in [-0.2, -0.15) is 0 Å². The second kappa shape index (κ2) is 11.1. The molecule has 0 radical (unpaired) electrons. The number of carbonyl (C=O) groups excluding carboxylic acids is 2. The molecule has 0 fully saturated rings. The minimum Gasteiger partial charge on any atom is -0.494 e. The van der Waals surface area contributed by atoms with Crippen molar-refractivity contribution in [2.45, 2.75) is 26.7 Å². The molecule has 0 unspecified atom stereocenters. The quantitative estimate of drug-likeness (QED) is 0.193. The lowest BCUT2D eigenvalue weighted by Gasteiger charge is -2.23. The molecule has 0 saturated carbocycles. The van der Waals surface area contributed by atoms with Crippen molar-refractivity contribution in [3.8, 4) is 5.75 Å². The van der Waals surface area contributed by atoms with Crippen LogP contribution in [0.3, 0.4) is 0 Å². The molecule has 3 aromatic carbocycles. The van der Waals surface area contributed by atoms with Gasteiger partial charge in [-0.25, -0.2) is 9.69 Å². The molecule has 180 valence electrons. The first-order valence-electron chi connectivity index (χ1n) is 10.9. The fourth-order valence-electron chi connectivity index (χ4n) is 3.49. The van der Waals surface area contributed by atoms with Crippen molar-refractivity contribution in [3.05, 3.63) is 99.1 Å². The summed E-state index contributed by atoms with van der Waals surface area (Å²) in [5, 5.41) is 21.3. The second-order valence-electron chi connectivity index (χ2n) is 7.72. The number of rotatable bonds is 9. The largest absolute Gasteiger partial charge is 0.494 e. The monoisotopic (exact) mass is 476 g/mol. The van der Waals surface area contributed by atoms with E-state index < -0.39 is 39.5 Å². The van der Waals surface area contributed by atoms with Crippen LogP contribution in [-0.2, 0) is 0 Å². The lowest BCUT2D eigenvalue weighted by atomic mass is 10.0. The zero-order valence-electron chi connectivity index (χ0n) is 19.3. The van der Waals surface area contributed by atoms with Crippen LogP contribution in [0.2, 0.25) is 0 Å². The SMILES string of the molecule is CCCCOc1ccc(N(C(=O)c2ccccc2C)C(=O)c2c(C(=O)O)cccc2[N+](=O)[O-])cc1. The van der Waals surface area contributed by atoms with Crippen LogP contribution < -0.4 is 9.64 Å². The number of hydrogen-bond acceptors (Lipinski definition) is 6. The van der Waals surface area contributed by atoms with Gasteiger partial charge < -0.3 is 9.84 Å². The number of hydrogen-bond donors (Lipinski definition) is 1. The van der Waals surface area contributed by atoms with Gasteiger partial charge in [0.25, 0.3) is 17.5 Å². The van der Waals surface area contributed by atoms with Crippen LogP contribution in [0.4, 0.5) is 11.4 Å². The highest BCUT2D eigenvalue weighted by Gasteiger charge is 2.35. The molecule has 2 amide bonds. The first-order valence-corrected chi connectivity index (χ1v) is 10.9. The number of imide groups is 1. The third kappa shape index (κ3) is 5.52. The Hall–Kier alpha value is -4.53. The van der Waals surface area contributed by atoms with Crippen molar-refractivity contribution in [3.63, 3.8) is 0 Å². The Morgan fingerprint density at radius 2 is 1.60 bits per heavy atom. The van der Waals surface area contributed by atoms with Gasteiger partial charge in [0.15, 0.2) is 0 Å². The van der Waals surface area contributed by atoms with Gasteiger partial charge in [0.1, 0.15) is 11.3 Å². The first-order chi connectivity index (χ1) is 16.8. The van der Waals surface area contributed by atoms with E-state index in [0.29, 0.717) is 17.9 Å². The van der Waals surface area contributed by atoms with Crippen LogP contribution in [0, 0.1) is 17.0 Å². The molecule has 0 aliphatic carbocycles. The number of nitrogens with zero attached hydrogens (tertiary/aromatic N) is 2. The molecular weight excluding hydrogens is 452 g/mol. The number of nitro groups is 1. The number of anilines is 1. The number of benzene rings is 3. The average molecular weight is 476 g/mol. The van der Waals surface area contributed by atoms with E-state index in [1.54, 1.807) is 37.3 Å². The molecular formula is C26H24N2O7. The lowest BCUT2D eigenvalue weighted by Crippen LogP contribution is -2.38. The van der Waals surface area contributed by atoms with Gasteiger partial charge in [0.05, 0.1) is 22.8 Å². The number of carbonyl (C=O) groups is 3. The normalized spacial score (nSPS) is 10.5. The highest BCUT2D eigenvalue weighted by Crippen LogP contribution is 2.29. The summed E-state index contributed by atoms with van der Waals surface area (Å²) in [6.45, 7) is 4.22. The summed E-state index contributed by atoms with van der Waals surface area (Å²) < 4.78 is 5.64. The van der Waals surface area contributed by atoms with Crippen molar-refractivity contribution < 1.29 is 29.2 Å². The van der Waals surface area contributed by atoms with E-state index in [-0.39, 0.29) is 11.3 Å². The number of ether oxygens (including phenoxy) is 1. The summed E-state index contributed by atoms with van der Waals surface area (Å²) in [6.07, 6.45) is 1.81. The molecule has 0 bridgehead atoms. The Labute approximate surface area is 201 Å². The lowest BCUT2D eigenvalue weighted by molar-refractivity contribution is -0.385. The zero-order valence-corrected chi connectivity index (χ0v) is 19.3. The summed E-state index contributed by atoms with van der Waals surface area (Å²) in [4.78, 5) is 50.7. The summed E-state index contributed by atoms with van der Waals surface area (Å²) in [7, 11) is 0. The van der Waals surface area contributed by atoms with Crippen LogP contribution in [-0.4, -0.2) is 34.4 Å². The number of aromatic carboxylic acids is 1. The Balaban J connectivity index is 2.16. The van der Waals surface area contributed by atoms with E-state index >= 15 is 0 Å². The molecule has 3 aromatic rings. The maximum absolute atomic E-state index is 13.7. The second-order valence-corrected chi connectivity index (χ2v) is 7.72. The summed E-state index contributed by atoms with van der Waals surface area (Å²) >= 11 is 0. The smallest absolute Gasteiger partial charge is 0.336 e. The van der Waals surface area contributed by atoms with Crippen molar-refractivity contribution in [1.82, 2.24) is 0 Å². The molecule has 0 aromatic heterocycles. The molecule has 9 heteroatoms. The third-order valence-electron chi connectivity index (χ3n) is 5.33. The maximum Gasteiger partial charge on any atom is 0.336 e. The summed E-state index contributed by atoms with van der Waals surface area (Å²) in [5.41, 5.74) is -1.09. The molecule has 1 N–H and O–H groups in total. The molecule has 0 aliphatic rings. The summed E-state index contributed by atoms with van der Waals surface area (Å²) in [6, 6.07) is 16.0. The maximum atomic E-state index is 13.7. The van der Waals surface area contributed by atoms with Crippen molar-refractivity contribution in [1.29, 1.82) is 0 Å². The van der Waals surface area contributed by atoms with Crippen molar-refractivity contribution in [2.75, 3.05) is 11.5 Å². The van der Waals surface area contributed by atoms with E-state index in [1.807, 2.05) is 6.92 Å². The number of carboxylic acids is 1. The number of unbranched alkanes of at least 4 members (excludes halogenated alkanes) is 1. The fourth-order valence-corrected chi connectivity index (χ4v) is 3.49. The van der Waals surface area contributed by atoms with E-state index in [2.05, 4.69) is 0 Å². The van der Waals surface area contributed by atoms with Crippen molar-refractivity contribution >= 4 is 29.2 Å². The Kier molecular flexibility index (Phi) is 7.93. The van der Waals surface area contributed by atoms with Crippen LogP contribution in [0.1, 0.15) is 56.4 Å². The number of amides is 2. The van der Waals surface area contributed by atoms with Gasteiger partial charge in [-0.15, -0.1) is 0 Å². The van der Waals surface area contributed by atoms with Crippen LogP contribution in [0.25, 0.3) is 0 Å². The van der Waals surface area contributed by atoms with E-state index in [0.717, 1.165) is 29.9 Å². The number of nitro benzene ring substituents is 1. The van der Waals surface area contributed by atoms with Gasteiger partial charge in [-0.1, -0.05) is 37.6 Å². The zero-order chi connectivity index (χ0) is 25.5. The van der Waals surface area contributed by atoms with E-state index in [1.165, 1.54) is 24.3 Å². The number of carboxylic acid groups (broad SMARTS) is 1. The Morgan fingerprint density at radius 3 is 2.20 bits per heavy atom. The minimum atomic E-state index is -1.53. The molecule has 3 rings (SSSR count). The van der Waals surface area contributed by atoms with E-state index in [9.17, 15) is 29.6 Å². The summed E-state index contributed by atoms with van der Waals surface area (Å²) in [5.74, 6) is -2.88. The van der Waals surface area contributed by atoms with Crippen LogP contribution in [0.15, 0.2) is 66.7 Å². The molecule has 0 atom stereocenters. The topological polar surface area (TPSA) is 127 Å². The molecule has 0 spiro atoms. The number of aryl methyl sites for hydroxylation is 1. The van der Waals surface area contributed by atoms with Gasteiger partial charge in [0, 0.05) is 11.6 Å². The minimum absolute atomic E-state index is 0.112. The Morgan fingerprint density at radius 1 is 0.943 bits per heavy atom. The molecule has 9 nitrogen and oxygen atoms in total. The van der Waals surface area contributed by atoms with E-state index in [4.69, 9.17) is 4.74 Å². The highest BCUT2D eigenvalue weighted by atomic mass is 16.6. The molecule has 35 heavy (non-hydrogen) atoms. The van der Waals surface area contributed by atoms with Crippen molar-refractivity contribution in [2.24, 2.45) is 0 Å². The van der Waals surface area contributed by atoms with Gasteiger partial charge in [-0.3, -0.25) is 19.7 Å². The highest BCUT2D eigenvalue weighted by molar-refractivity contribution is 6.28. The van der Waals surface area contributed by atoms with Gasteiger partial charge >= 0.3 is 5.97 Å². The van der Waals surface area contributed by atoms with Crippen LogP contribution >= 0.6 is 0 Å². The predicted octanol–water partition coefficient (Wildman–Crippen LogP) is 5.27.